The fourth-order valence-electron chi connectivity index (χ4n) is 3.66. The Morgan fingerprint density at radius 1 is 1.29 bits per heavy atom. The molecule has 2 fully saturated rings. The third kappa shape index (κ3) is 3.04. The minimum atomic E-state index is -3.41. The average molecular weight is 406 g/mol. The highest BCUT2D eigenvalue weighted by molar-refractivity contribution is 7.91. The largest absolute Gasteiger partial charge is 0.327 e. The molecule has 3 heterocycles. The number of halogens is 1. The van der Waals surface area contributed by atoms with E-state index < -0.39 is 10.0 Å². The molecule has 0 spiro atoms. The fourth-order valence-corrected chi connectivity index (χ4v) is 7.31. The molecule has 5 nitrogen and oxygen atoms in total. The predicted octanol–water partition coefficient (Wildman–Crippen LogP) is 2.96. The number of nitrogens with two attached hydrogens (primary N) is 1. The van der Waals surface area contributed by atoms with Crippen molar-refractivity contribution in [3.05, 3.63) is 22.5 Å². The first-order valence-corrected chi connectivity index (χ1v) is 10.9. The molecule has 1 saturated carbocycles. The molecule has 0 aromatic carbocycles. The summed E-state index contributed by atoms with van der Waals surface area (Å²) < 4.78 is 27.8. The smallest absolute Gasteiger partial charge is 0.252 e. The summed E-state index contributed by atoms with van der Waals surface area (Å²) in [6.07, 6.45) is 2.07. The first kappa shape index (κ1) is 18.3. The van der Waals surface area contributed by atoms with E-state index in [0.717, 1.165) is 28.4 Å². The summed E-state index contributed by atoms with van der Waals surface area (Å²) in [5.74, 6) is 0.755. The number of fused-ring (bicyclic) bond motifs is 1. The van der Waals surface area contributed by atoms with Crippen LogP contribution in [0.3, 0.4) is 0 Å². The van der Waals surface area contributed by atoms with Crippen molar-refractivity contribution >= 4 is 45.1 Å². The van der Waals surface area contributed by atoms with E-state index in [2.05, 4.69) is 4.98 Å². The van der Waals surface area contributed by atoms with Gasteiger partial charge >= 0.3 is 0 Å². The lowest BCUT2D eigenvalue weighted by atomic mass is 9.98. The van der Waals surface area contributed by atoms with Gasteiger partial charge in [0, 0.05) is 24.5 Å². The van der Waals surface area contributed by atoms with Crippen LogP contribution in [0.2, 0.25) is 0 Å². The van der Waals surface area contributed by atoms with E-state index >= 15 is 0 Å². The first-order chi connectivity index (χ1) is 10.9. The Morgan fingerprint density at radius 2 is 2.08 bits per heavy atom. The molecule has 2 aromatic rings. The van der Waals surface area contributed by atoms with E-state index in [0.29, 0.717) is 29.1 Å². The maximum absolute atomic E-state index is 12.9. The Balaban J connectivity index is 0.00000169. The maximum Gasteiger partial charge on any atom is 0.252 e. The molecule has 2 aliphatic rings. The van der Waals surface area contributed by atoms with Gasteiger partial charge in [0.25, 0.3) is 10.0 Å². The van der Waals surface area contributed by atoms with Crippen LogP contribution in [-0.2, 0) is 10.0 Å². The van der Waals surface area contributed by atoms with Crippen molar-refractivity contribution in [2.24, 2.45) is 17.6 Å². The molecule has 0 bridgehead atoms. The number of rotatable bonds is 3. The van der Waals surface area contributed by atoms with E-state index in [4.69, 9.17) is 5.73 Å². The molecule has 132 valence electrons. The molecule has 0 amide bonds. The van der Waals surface area contributed by atoms with Gasteiger partial charge in [-0.05, 0) is 43.7 Å². The van der Waals surface area contributed by atoms with Crippen LogP contribution in [0.15, 0.2) is 21.7 Å². The molecule has 0 radical (unpaired) electrons. The highest BCUT2D eigenvalue weighted by atomic mass is 35.5. The normalized spacial score (nSPS) is 27.2. The zero-order valence-electron chi connectivity index (χ0n) is 13.2. The molecule has 2 N–H and O–H groups in total. The first-order valence-electron chi connectivity index (χ1n) is 7.73. The van der Waals surface area contributed by atoms with Crippen LogP contribution < -0.4 is 5.73 Å². The monoisotopic (exact) mass is 405 g/mol. The Morgan fingerprint density at radius 3 is 2.75 bits per heavy atom. The SMILES string of the molecule is Cc1nc(-c2ccc(S(=O)(=O)N3CC4CCC(N)C4C3)s2)cs1.Cl. The van der Waals surface area contributed by atoms with Crippen molar-refractivity contribution in [3.63, 3.8) is 0 Å². The molecule has 1 aliphatic carbocycles. The van der Waals surface area contributed by atoms with Crippen molar-refractivity contribution < 1.29 is 8.42 Å². The van der Waals surface area contributed by atoms with Crippen molar-refractivity contribution in [1.29, 1.82) is 0 Å². The summed E-state index contributed by atoms with van der Waals surface area (Å²) in [5.41, 5.74) is 6.98. The van der Waals surface area contributed by atoms with Crippen molar-refractivity contribution in [2.75, 3.05) is 13.1 Å². The van der Waals surface area contributed by atoms with Crippen LogP contribution in [0.5, 0.6) is 0 Å². The summed E-state index contributed by atoms with van der Waals surface area (Å²) in [6.45, 7) is 3.13. The lowest BCUT2D eigenvalue weighted by molar-refractivity contribution is 0.428. The third-order valence-electron chi connectivity index (χ3n) is 4.93. The highest BCUT2D eigenvalue weighted by Crippen LogP contribution is 2.40. The quantitative estimate of drug-likeness (QED) is 0.851. The molecular weight excluding hydrogens is 386 g/mol. The second kappa shape index (κ2) is 6.66. The summed E-state index contributed by atoms with van der Waals surface area (Å²) in [5, 5.41) is 2.95. The van der Waals surface area contributed by atoms with Crippen molar-refractivity contribution in [1.82, 2.24) is 9.29 Å². The van der Waals surface area contributed by atoms with Gasteiger partial charge < -0.3 is 5.73 Å². The molecule has 3 atom stereocenters. The summed E-state index contributed by atoms with van der Waals surface area (Å²) in [6, 6.07) is 3.71. The topological polar surface area (TPSA) is 76.3 Å². The van der Waals surface area contributed by atoms with Crippen LogP contribution in [0.1, 0.15) is 17.8 Å². The van der Waals surface area contributed by atoms with Crippen LogP contribution in [-0.4, -0.2) is 36.8 Å². The van der Waals surface area contributed by atoms with Gasteiger partial charge in [-0.2, -0.15) is 4.31 Å². The number of aryl methyl sites for hydroxylation is 1. The minimum Gasteiger partial charge on any atom is -0.327 e. The second-order valence-corrected chi connectivity index (χ2v) is 10.7. The summed E-state index contributed by atoms with van der Waals surface area (Å²) in [7, 11) is -3.41. The Kier molecular flexibility index (Phi) is 5.07. The Hall–Kier alpha value is -0.510. The molecule has 4 rings (SSSR count). The number of hydrogen-bond acceptors (Lipinski definition) is 6. The van der Waals surface area contributed by atoms with Gasteiger partial charge in [-0.1, -0.05) is 0 Å². The lowest BCUT2D eigenvalue weighted by Crippen LogP contribution is -2.33. The highest BCUT2D eigenvalue weighted by Gasteiger charge is 2.45. The van der Waals surface area contributed by atoms with Gasteiger partial charge in [0.15, 0.2) is 0 Å². The summed E-state index contributed by atoms with van der Waals surface area (Å²) in [4.78, 5) is 5.34. The standard InChI is InChI=1S/C15H19N3O2S3.ClH/c1-9-17-13(8-21-9)14-4-5-15(22-14)23(19,20)18-6-10-2-3-12(16)11(10)7-18;/h4-5,8,10-12H,2-3,6-7,16H2,1H3;1H. The van der Waals surface area contributed by atoms with Gasteiger partial charge in [-0.25, -0.2) is 13.4 Å². The summed E-state index contributed by atoms with van der Waals surface area (Å²) >= 11 is 2.88. The van der Waals surface area contributed by atoms with E-state index in [9.17, 15) is 8.42 Å². The third-order valence-corrected chi connectivity index (χ3v) is 9.11. The average Bonchev–Trinajstić information content (AvgIpc) is 3.24. The molecule has 3 unspecified atom stereocenters. The minimum absolute atomic E-state index is 0. The lowest BCUT2D eigenvalue weighted by Gasteiger charge is -2.17. The number of nitrogens with zero attached hydrogens (tertiary/aromatic N) is 2. The van der Waals surface area contributed by atoms with E-state index in [1.165, 1.54) is 11.3 Å². The van der Waals surface area contributed by atoms with Crippen LogP contribution in [0.4, 0.5) is 0 Å². The maximum atomic E-state index is 12.9. The Bertz CT molecular complexity index is 833. The second-order valence-electron chi connectivity index (χ2n) is 6.36. The van der Waals surface area contributed by atoms with Crippen LogP contribution >= 0.6 is 35.1 Å². The number of hydrogen-bond donors (Lipinski definition) is 1. The zero-order valence-corrected chi connectivity index (χ0v) is 16.5. The van der Waals surface area contributed by atoms with Crippen molar-refractivity contribution in [2.45, 2.75) is 30.0 Å². The van der Waals surface area contributed by atoms with Crippen molar-refractivity contribution in [3.8, 4) is 10.6 Å². The molecule has 24 heavy (non-hydrogen) atoms. The molecule has 1 saturated heterocycles. The van der Waals surface area contributed by atoms with Gasteiger partial charge in [0.2, 0.25) is 0 Å². The van der Waals surface area contributed by atoms with E-state index in [1.807, 2.05) is 18.4 Å². The van der Waals surface area contributed by atoms with Gasteiger partial charge in [0.1, 0.15) is 4.21 Å². The van der Waals surface area contributed by atoms with Crippen LogP contribution in [0.25, 0.3) is 10.6 Å². The van der Waals surface area contributed by atoms with Gasteiger partial charge in [-0.3, -0.25) is 0 Å². The predicted molar refractivity (Wildman–Crippen MR) is 100 cm³/mol. The van der Waals surface area contributed by atoms with Gasteiger partial charge in [-0.15, -0.1) is 35.1 Å². The molecule has 2 aromatic heterocycles. The molecular formula is C15H20ClN3O2S3. The van der Waals surface area contributed by atoms with Crippen LogP contribution in [0, 0.1) is 18.8 Å². The van der Waals surface area contributed by atoms with Gasteiger partial charge in [0.05, 0.1) is 15.6 Å². The van der Waals surface area contributed by atoms with E-state index in [1.54, 1.807) is 21.7 Å². The number of thiophene rings is 1. The van der Waals surface area contributed by atoms with E-state index in [-0.39, 0.29) is 18.4 Å². The Labute approximate surface area is 156 Å². The molecule has 9 heteroatoms. The number of thiazole rings is 1. The zero-order chi connectivity index (χ0) is 16.2. The number of sulfonamides is 1. The molecule has 1 aliphatic heterocycles. The number of aromatic nitrogens is 1. The fraction of sp³-hybridized carbons (Fsp3) is 0.533.